The van der Waals surface area contributed by atoms with Gasteiger partial charge < -0.3 is 14.7 Å². The summed E-state index contributed by atoms with van der Waals surface area (Å²) < 4.78 is 32.7. The number of benzene rings is 2. The van der Waals surface area contributed by atoms with Crippen LogP contribution in [0.4, 0.5) is 5.69 Å². The predicted octanol–water partition coefficient (Wildman–Crippen LogP) is 2.84. The Labute approximate surface area is 175 Å². The molecule has 0 bridgehead atoms. The molecule has 0 saturated carbocycles. The van der Waals surface area contributed by atoms with Gasteiger partial charge in [-0.2, -0.15) is 4.31 Å². The Hall–Kier alpha value is -2.29. The third-order valence-corrected chi connectivity index (χ3v) is 6.92. The maximum Gasteiger partial charge on any atom is 0.341 e. The van der Waals surface area contributed by atoms with Crippen molar-refractivity contribution in [2.24, 2.45) is 0 Å². The molecule has 0 unspecified atom stereocenters. The number of sulfonamides is 1. The molecule has 1 N–H and O–H groups in total. The van der Waals surface area contributed by atoms with Crippen LogP contribution >= 0.6 is 11.6 Å². The van der Waals surface area contributed by atoms with E-state index < -0.39 is 22.6 Å². The second-order valence-electron chi connectivity index (χ2n) is 6.94. The number of carboxylic acids is 1. The van der Waals surface area contributed by atoms with Gasteiger partial charge >= 0.3 is 5.97 Å². The van der Waals surface area contributed by atoms with Crippen LogP contribution in [0.25, 0.3) is 0 Å². The third-order valence-electron chi connectivity index (χ3n) is 4.73. The van der Waals surface area contributed by atoms with Crippen LogP contribution in [0.5, 0.6) is 5.75 Å². The first kappa shape index (κ1) is 21.4. The molecule has 0 radical (unpaired) electrons. The van der Waals surface area contributed by atoms with Crippen molar-refractivity contribution < 1.29 is 23.1 Å². The number of rotatable bonds is 7. The molecule has 1 aliphatic heterocycles. The first-order valence-corrected chi connectivity index (χ1v) is 11.2. The van der Waals surface area contributed by atoms with Crippen molar-refractivity contribution in [1.29, 1.82) is 0 Å². The molecule has 1 saturated heterocycles. The van der Waals surface area contributed by atoms with Gasteiger partial charge in [-0.3, -0.25) is 0 Å². The van der Waals surface area contributed by atoms with E-state index in [0.29, 0.717) is 36.1 Å². The van der Waals surface area contributed by atoms with Gasteiger partial charge in [0.25, 0.3) is 0 Å². The molecule has 2 aromatic carbocycles. The summed E-state index contributed by atoms with van der Waals surface area (Å²) in [4.78, 5) is 12.8. The molecule has 1 atom stereocenters. The first-order chi connectivity index (χ1) is 13.8. The quantitative estimate of drug-likeness (QED) is 0.715. The smallest absolute Gasteiger partial charge is 0.341 e. The van der Waals surface area contributed by atoms with Gasteiger partial charge in [0, 0.05) is 30.7 Å². The average molecular weight is 439 g/mol. The molecule has 9 heteroatoms. The Bertz CT molecular complexity index is 968. The van der Waals surface area contributed by atoms with Crippen LogP contribution in [0.15, 0.2) is 48.5 Å². The van der Waals surface area contributed by atoms with Crippen molar-refractivity contribution >= 4 is 33.3 Å². The van der Waals surface area contributed by atoms with Crippen molar-refractivity contribution in [3.05, 3.63) is 59.1 Å². The van der Waals surface area contributed by atoms with Gasteiger partial charge in [-0.05, 0) is 30.7 Å². The van der Waals surface area contributed by atoms with Crippen LogP contribution in [-0.2, 0) is 20.6 Å². The van der Waals surface area contributed by atoms with Gasteiger partial charge in [0.2, 0.25) is 10.0 Å². The number of piperazine rings is 1. The topological polar surface area (TPSA) is 87.2 Å². The number of hydrogen-bond donors (Lipinski definition) is 1. The highest BCUT2D eigenvalue weighted by Gasteiger charge is 2.33. The Morgan fingerprint density at radius 2 is 1.93 bits per heavy atom. The van der Waals surface area contributed by atoms with Gasteiger partial charge in [-0.15, -0.1) is 0 Å². The number of ether oxygens (including phenoxy) is 1. The summed E-state index contributed by atoms with van der Waals surface area (Å²) >= 11 is 6.12. The van der Waals surface area contributed by atoms with Crippen LogP contribution in [0.3, 0.4) is 0 Å². The second kappa shape index (κ2) is 9.02. The highest BCUT2D eigenvalue weighted by Crippen LogP contribution is 2.33. The Morgan fingerprint density at radius 3 is 2.59 bits per heavy atom. The second-order valence-corrected chi connectivity index (χ2v) is 9.30. The standard InChI is InChI=1S/C20H23ClN2O5S/c1-15-12-22(18-11-17(21)7-8-19(18)28-13-20(24)25)9-10-23(15)29(26,27)14-16-5-3-2-4-6-16/h2-8,11,15H,9-10,12-14H2,1H3,(H,24,25)/t15-/m1/s1. The van der Waals surface area contributed by atoms with E-state index in [1.54, 1.807) is 30.3 Å². The van der Waals surface area contributed by atoms with Crippen molar-refractivity contribution in [3.8, 4) is 5.75 Å². The molecular formula is C20H23ClN2O5S. The summed E-state index contributed by atoms with van der Waals surface area (Å²) in [7, 11) is -3.46. The minimum Gasteiger partial charge on any atom is -0.480 e. The number of aliphatic carboxylic acids is 1. The summed E-state index contributed by atoms with van der Waals surface area (Å²) in [6.07, 6.45) is 0. The van der Waals surface area contributed by atoms with Crippen molar-refractivity contribution in [2.75, 3.05) is 31.1 Å². The fraction of sp³-hybridized carbons (Fsp3) is 0.350. The summed E-state index contributed by atoms with van der Waals surface area (Å²) in [5.74, 6) is -0.705. The van der Waals surface area contributed by atoms with E-state index in [4.69, 9.17) is 21.4 Å². The highest BCUT2D eigenvalue weighted by molar-refractivity contribution is 7.88. The maximum atomic E-state index is 12.9. The molecule has 1 fully saturated rings. The van der Waals surface area contributed by atoms with Crippen molar-refractivity contribution in [3.63, 3.8) is 0 Å². The fourth-order valence-electron chi connectivity index (χ4n) is 3.44. The average Bonchev–Trinajstić information content (AvgIpc) is 2.67. The molecule has 0 aliphatic carbocycles. The van der Waals surface area contributed by atoms with E-state index in [2.05, 4.69) is 0 Å². The molecule has 156 valence electrons. The van der Waals surface area contributed by atoms with E-state index >= 15 is 0 Å². The number of carboxylic acid groups (broad SMARTS) is 1. The molecule has 0 amide bonds. The van der Waals surface area contributed by atoms with Crippen molar-refractivity contribution in [2.45, 2.75) is 18.7 Å². The van der Waals surface area contributed by atoms with E-state index in [0.717, 1.165) is 5.56 Å². The SMILES string of the molecule is C[C@@H]1CN(c2cc(Cl)ccc2OCC(=O)O)CCN1S(=O)(=O)Cc1ccccc1. The lowest BCUT2D eigenvalue weighted by Gasteiger charge is -2.40. The molecule has 0 spiro atoms. The molecule has 7 nitrogen and oxygen atoms in total. The zero-order valence-electron chi connectivity index (χ0n) is 16.0. The number of nitrogens with zero attached hydrogens (tertiary/aromatic N) is 2. The summed E-state index contributed by atoms with van der Waals surface area (Å²) in [6, 6.07) is 13.8. The third kappa shape index (κ3) is 5.41. The maximum absolute atomic E-state index is 12.9. The minimum atomic E-state index is -3.46. The van der Waals surface area contributed by atoms with Crippen LogP contribution in [0, 0.1) is 0 Å². The number of anilines is 1. The lowest BCUT2D eigenvalue weighted by molar-refractivity contribution is -0.139. The molecule has 3 rings (SSSR count). The lowest BCUT2D eigenvalue weighted by Crippen LogP contribution is -2.54. The van der Waals surface area contributed by atoms with Gasteiger partial charge in [0.05, 0.1) is 11.4 Å². The van der Waals surface area contributed by atoms with E-state index in [1.807, 2.05) is 30.0 Å². The fourth-order valence-corrected chi connectivity index (χ4v) is 5.36. The van der Waals surface area contributed by atoms with Crippen LogP contribution < -0.4 is 9.64 Å². The van der Waals surface area contributed by atoms with Gasteiger partial charge in [-0.1, -0.05) is 41.9 Å². The molecular weight excluding hydrogens is 416 g/mol. The van der Waals surface area contributed by atoms with Crippen LogP contribution in [0.2, 0.25) is 5.02 Å². The number of halogens is 1. The Morgan fingerprint density at radius 1 is 1.21 bits per heavy atom. The van der Waals surface area contributed by atoms with Gasteiger partial charge in [-0.25, -0.2) is 13.2 Å². The Balaban J connectivity index is 1.75. The molecule has 1 aliphatic rings. The lowest BCUT2D eigenvalue weighted by atomic mass is 10.2. The number of hydrogen-bond acceptors (Lipinski definition) is 5. The molecule has 29 heavy (non-hydrogen) atoms. The monoisotopic (exact) mass is 438 g/mol. The molecule has 0 aromatic heterocycles. The molecule has 2 aromatic rings. The summed E-state index contributed by atoms with van der Waals surface area (Å²) in [5.41, 5.74) is 1.41. The summed E-state index contributed by atoms with van der Waals surface area (Å²) in [5, 5.41) is 9.37. The normalized spacial score (nSPS) is 17.9. The highest BCUT2D eigenvalue weighted by atomic mass is 35.5. The largest absolute Gasteiger partial charge is 0.480 e. The van der Waals surface area contributed by atoms with E-state index in [-0.39, 0.29) is 11.8 Å². The summed E-state index contributed by atoms with van der Waals surface area (Å²) in [6.45, 7) is 2.60. The zero-order valence-corrected chi connectivity index (χ0v) is 17.6. The minimum absolute atomic E-state index is 0.0394. The van der Waals surface area contributed by atoms with Crippen LogP contribution in [0.1, 0.15) is 12.5 Å². The first-order valence-electron chi connectivity index (χ1n) is 9.19. The zero-order chi connectivity index (χ0) is 21.0. The van der Waals surface area contributed by atoms with Crippen LogP contribution in [-0.4, -0.2) is 56.1 Å². The van der Waals surface area contributed by atoms with Crippen molar-refractivity contribution in [1.82, 2.24) is 4.31 Å². The van der Waals surface area contributed by atoms with Gasteiger partial charge in [0.15, 0.2) is 6.61 Å². The van der Waals surface area contributed by atoms with E-state index in [9.17, 15) is 13.2 Å². The van der Waals surface area contributed by atoms with E-state index in [1.165, 1.54) is 4.31 Å². The Kier molecular flexibility index (Phi) is 6.66. The molecule has 1 heterocycles. The predicted molar refractivity (Wildman–Crippen MR) is 112 cm³/mol. The van der Waals surface area contributed by atoms with Gasteiger partial charge in [0.1, 0.15) is 5.75 Å². The number of carbonyl (C=O) groups is 1.